The van der Waals surface area contributed by atoms with E-state index >= 15 is 0 Å². The van der Waals surface area contributed by atoms with Crippen LogP contribution in [0.2, 0.25) is 0 Å². The third-order valence-corrected chi connectivity index (χ3v) is 4.13. The monoisotopic (exact) mass is 235 g/mol. The van der Waals surface area contributed by atoms with Gasteiger partial charge in [-0.2, -0.15) is 11.8 Å². The Hall–Kier alpha value is -0.470. The molecule has 1 N–H and O–H groups in total. The first-order valence-corrected chi connectivity index (χ1v) is 7.43. The Morgan fingerprint density at radius 3 is 2.94 bits per heavy atom. The smallest absolute Gasteiger partial charge is 0.0111 e. The lowest BCUT2D eigenvalue weighted by Crippen LogP contribution is -2.35. The number of aryl methyl sites for hydroxylation is 1. The summed E-state index contributed by atoms with van der Waals surface area (Å²) in [7, 11) is 0. The van der Waals surface area contributed by atoms with Crippen LogP contribution >= 0.6 is 11.8 Å². The lowest BCUT2D eigenvalue weighted by molar-refractivity contribution is 0.472. The highest BCUT2D eigenvalue weighted by atomic mass is 32.2. The highest BCUT2D eigenvalue weighted by molar-refractivity contribution is 7.99. The summed E-state index contributed by atoms with van der Waals surface area (Å²) in [5.74, 6) is 2.48. The van der Waals surface area contributed by atoms with Crippen molar-refractivity contribution in [3.8, 4) is 0 Å². The summed E-state index contributed by atoms with van der Waals surface area (Å²) in [5, 5.41) is 3.68. The van der Waals surface area contributed by atoms with Gasteiger partial charge in [-0.3, -0.25) is 0 Å². The van der Waals surface area contributed by atoms with Gasteiger partial charge in [-0.15, -0.1) is 0 Å². The van der Waals surface area contributed by atoms with Gasteiger partial charge in [-0.05, 0) is 36.1 Å². The molecule has 1 atom stereocenters. The van der Waals surface area contributed by atoms with Gasteiger partial charge in [0, 0.05) is 18.3 Å². The van der Waals surface area contributed by atoms with Gasteiger partial charge >= 0.3 is 0 Å². The second kappa shape index (κ2) is 6.31. The first-order chi connectivity index (χ1) is 7.90. The van der Waals surface area contributed by atoms with E-state index in [9.17, 15) is 0 Å². The molecule has 0 radical (unpaired) electrons. The van der Waals surface area contributed by atoms with Crippen LogP contribution in [0.15, 0.2) is 24.3 Å². The summed E-state index contributed by atoms with van der Waals surface area (Å²) in [6, 6.07) is 9.58. The maximum atomic E-state index is 3.68. The topological polar surface area (TPSA) is 12.0 Å². The molecule has 88 valence electrons. The minimum Gasteiger partial charge on any atom is -0.313 e. The summed E-state index contributed by atoms with van der Waals surface area (Å²) >= 11 is 2.02. The second-order valence-electron chi connectivity index (χ2n) is 4.36. The van der Waals surface area contributed by atoms with Crippen LogP contribution in [-0.4, -0.2) is 24.1 Å². The fourth-order valence-electron chi connectivity index (χ4n) is 2.35. The first kappa shape index (κ1) is 12.0. The summed E-state index contributed by atoms with van der Waals surface area (Å²) in [6.07, 6.45) is 3.76. The number of benzene rings is 1. The van der Waals surface area contributed by atoms with E-state index in [0.29, 0.717) is 6.04 Å². The zero-order valence-electron chi connectivity index (χ0n) is 10.0. The molecule has 1 aromatic rings. The zero-order valence-corrected chi connectivity index (χ0v) is 10.9. The van der Waals surface area contributed by atoms with E-state index in [0.717, 1.165) is 6.54 Å². The molecule has 1 aliphatic carbocycles. The quantitative estimate of drug-likeness (QED) is 0.788. The highest BCUT2D eigenvalue weighted by Gasteiger charge is 2.16. The predicted molar refractivity (Wildman–Crippen MR) is 73.3 cm³/mol. The molecule has 0 amide bonds. The molecule has 0 bridgehead atoms. The number of nitrogens with one attached hydrogen (secondary N) is 1. The van der Waals surface area contributed by atoms with E-state index in [-0.39, 0.29) is 0 Å². The van der Waals surface area contributed by atoms with Crippen molar-refractivity contribution in [1.29, 1.82) is 0 Å². The molecule has 16 heavy (non-hydrogen) atoms. The molecule has 0 aromatic heterocycles. The van der Waals surface area contributed by atoms with Gasteiger partial charge in [-0.25, -0.2) is 0 Å². The Kier molecular flexibility index (Phi) is 4.73. The van der Waals surface area contributed by atoms with E-state index in [4.69, 9.17) is 0 Å². The van der Waals surface area contributed by atoms with Crippen molar-refractivity contribution in [2.75, 3.05) is 18.1 Å². The van der Waals surface area contributed by atoms with Crippen molar-refractivity contribution in [3.05, 3.63) is 35.4 Å². The summed E-state index contributed by atoms with van der Waals surface area (Å²) in [5.41, 5.74) is 3.11. The van der Waals surface area contributed by atoms with Gasteiger partial charge in [0.15, 0.2) is 0 Å². The largest absolute Gasteiger partial charge is 0.313 e. The number of thioether (sulfide) groups is 1. The average molecular weight is 235 g/mol. The minimum atomic E-state index is 0.701. The van der Waals surface area contributed by atoms with Crippen LogP contribution < -0.4 is 5.32 Å². The lowest BCUT2D eigenvalue weighted by atomic mass is 9.88. The third-order valence-electron chi connectivity index (χ3n) is 3.23. The molecule has 1 aromatic carbocycles. The van der Waals surface area contributed by atoms with E-state index in [1.54, 1.807) is 11.1 Å². The van der Waals surface area contributed by atoms with Crippen LogP contribution in [-0.2, 0) is 12.8 Å². The molecule has 0 aliphatic heterocycles. The van der Waals surface area contributed by atoms with Crippen LogP contribution in [0.5, 0.6) is 0 Å². The van der Waals surface area contributed by atoms with Crippen LogP contribution in [0.1, 0.15) is 24.5 Å². The first-order valence-electron chi connectivity index (χ1n) is 6.28. The van der Waals surface area contributed by atoms with Crippen molar-refractivity contribution >= 4 is 11.8 Å². The third kappa shape index (κ3) is 3.26. The molecule has 0 spiro atoms. The molecule has 1 unspecified atom stereocenters. The number of hydrogen-bond donors (Lipinski definition) is 1. The van der Waals surface area contributed by atoms with Crippen molar-refractivity contribution in [3.63, 3.8) is 0 Å². The van der Waals surface area contributed by atoms with E-state index in [1.165, 1.54) is 30.8 Å². The Morgan fingerprint density at radius 1 is 1.31 bits per heavy atom. The number of rotatable bonds is 5. The summed E-state index contributed by atoms with van der Waals surface area (Å²) < 4.78 is 0. The van der Waals surface area contributed by atoms with Gasteiger partial charge in [0.05, 0.1) is 0 Å². The van der Waals surface area contributed by atoms with Gasteiger partial charge in [0.25, 0.3) is 0 Å². The Morgan fingerprint density at radius 2 is 2.12 bits per heavy atom. The van der Waals surface area contributed by atoms with Crippen molar-refractivity contribution in [2.45, 2.75) is 32.2 Å². The van der Waals surface area contributed by atoms with Gasteiger partial charge in [0.1, 0.15) is 0 Å². The molecule has 0 saturated heterocycles. The summed E-state index contributed by atoms with van der Waals surface area (Å²) in [6.45, 7) is 3.38. The maximum absolute atomic E-state index is 3.68. The van der Waals surface area contributed by atoms with Crippen LogP contribution in [0.25, 0.3) is 0 Å². The zero-order chi connectivity index (χ0) is 11.2. The van der Waals surface area contributed by atoms with Crippen molar-refractivity contribution in [1.82, 2.24) is 5.32 Å². The van der Waals surface area contributed by atoms with Crippen LogP contribution in [0, 0.1) is 0 Å². The molecule has 1 aliphatic rings. The number of hydrogen-bond acceptors (Lipinski definition) is 2. The Labute approximate surface area is 103 Å². The van der Waals surface area contributed by atoms with E-state index < -0.39 is 0 Å². The maximum Gasteiger partial charge on any atom is 0.0111 e. The molecule has 1 nitrogen and oxygen atoms in total. The predicted octanol–water partition coefficient (Wildman–Crippen LogP) is 2.89. The van der Waals surface area contributed by atoms with Crippen LogP contribution in [0.3, 0.4) is 0 Å². The molecule has 0 saturated carbocycles. The van der Waals surface area contributed by atoms with Crippen LogP contribution in [0.4, 0.5) is 0 Å². The lowest BCUT2D eigenvalue weighted by Gasteiger charge is -2.25. The Bertz CT molecular complexity index is 324. The fourth-order valence-corrected chi connectivity index (χ4v) is 2.90. The molecular formula is C14H21NS. The molecule has 2 heteroatoms. The van der Waals surface area contributed by atoms with Gasteiger partial charge < -0.3 is 5.32 Å². The fraction of sp³-hybridized carbons (Fsp3) is 0.571. The number of fused-ring (bicyclic) bond motifs is 1. The van der Waals surface area contributed by atoms with Crippen molar-refractivity contribution < 1.29 is 0 Å². The Balaban J connectivity index is 1.79. The van der Waals surface area contributed by atoms with Crippen molar-refractivity contribution in [2.24, 2.45) is 0 Å². The highest BCUT2D eigenvalue weighted by Crippen LogP contribution is 2.20. The van der Waals surface area contributed by atoms with Gasteiger partial charge in [0.2, 0.25) is 0 Å². The average Bonchev–Trinajstić information content (AvgIpc) is 2.34. The second-order valence-corrected chi connectivity index (χ2v) is 5.75. The molecule has 0 heterocycles. The molecule has 2 rings (SSSR count). The van der Waals surface area contributed by atoms with E-state index in [1.807, 2.05) is 11.8 Å². The minimum absolute atomic E-state index is 0.701. The van der Waals surface area contributed by atoms with E-state index in [2.05, 4.69) is 36.5 Å². The molecular weight excluding hydrogens is 214 g/mol. The van der Waals surface area contributed by atoms with Gasteiger partial charge in [-0.1, -0.05) is 31.2 Å². The normalized spacial score (nSPS) is 19.4. The standard InChI is InChI=1S/C14H21NS/c1-2-16-10-9-15-14-8-7-12-5-3-4-6-13(12)11-14/h3-6,14-15H,2,7-11H2,1H3. The SMILES string of the molecule is CCSCCNC1CCc2ccccc2C1. The summed E-state index contributed by atoms with van der Waals surface area (Å²) in [4.78, 5) is 0. The molecule has 0 fully saturated rings.